The Morgan fingerprint density at radius 2 is 1.00 bits per heavy atom. The smallest absolute Gasteiger partial charge is 0.323 e. The molecule has 0 aromatic rings. The Morgan fingerprint density at radius 1 is 1.00 bits per heavy atom. The van der Waals surface area contributed by atoms with Gasteiger partial charge in [0, 0.05) is 0 Å². The van der Waals surface area contributed by atoms with Gasteiger partial charge in [0.25, 0.3) is 0 Å². The van der Waals surface area contributed by atoms with Crippen molar-refractivity contribution in [3.05, 3.63) is 5.92 Å². The van der Waals surface area contributed by atoms with Crippen LogP contribution in [-0.2, 0) is 17.1 Å². The topological polar surface area (TPSA) is 40.5 Å². The summed E-state index contributed by atoms with van der Waals surface area (Å²) in [6.45, 7) is 6.25. The molecule has 0 aromatic heterocycles. The molecule has 0 rings (SSSR count). The average molecular weight is 155 g/mol. The van der Waals surface area contributed by atoms with Crippen molar-refractivity contribution in [3.8, 4) is 0 Å². The van der Waals surface area contributed by atoms with Crippen LogP contribution < -0.4 is 0 Å². The fourth-order valence-corrected chi connectivity index (χ4v) is 0. The molecule has 0 unspecified atom stereocenters. The van der Waals surface area contributed by atoms with Crippen molar-refractivity contribution < 1.29 is 27.6 Å². The molecule has 0 aliphatic rings. The van der Waals surface area contributed by atoms with Gasteiger partial charge >= 0.3 is 17.1 Å². The monoisotopic (exact) mass is 154 g/mol. The summed E-state index contributed by atoms with van der Waals surface area (Å²) >= 11 is 0. The molecule has 0 spiro atoms. The van der Waals surface area contributed by atoms with Crippen LogP contribution in [0.4, 0.5) is 0 Å². The van der Waals surface area contributed by atoms with Crippen LogP contribution in [-0.4, -0.2) is 10.5 Å². The molecule has 0 radical (unpaired) electrons. The van der Waals surface area contributed by atoms with Gasteiger partial charge in [0.15, 0.2) is 0 Å². The fraction of sp³-hybridized carbons (Fsp3) is 0.750. The van der Waals surface area contributed by atoms with Crippen LogP contribution in [0.25, 0.3) is 0 Å². The van der Waals surface area contributed by atoms with Crippen molar-refractivity contribution in [2.75, 3.05) is 0 Å². The first-order valence-electron chi connectivity index (χ1n) is 1.70. The van der Waals surface area contributed by atoms with E-state index in [1.807, 2.05) is 0 Å². The number of rotatable bonds is 0. The predicted octanol–water partition coefficient (Wildman–Crippen LogP) is 1.64. The molecule has 0 aliphatic carbocycles. The standard InChI is InChI=1S/C4H9.Cu.H2O2/c1-4(2)3;;1-2/h1-3H3;;1-2H/q-1;+1;. The molecule has 50 valence electrons. The molecule has 3 heteroatoms. The summed E-state index contributed by atoms with van der Waals surface area (Å²) in [6.07, 6.45) is 0. The minimum Gasteiger partial charge on any atom is -0.323 e. The van der Waals surface area contributed by atoms with Gasteiger partial charge in [-0.1, -0.05) is 0 Å². The van der Waals surface area contributed by atoms with E-state index in [1.165, 1.54) is 5.92 Å². The first-order valence-corrected chi connectivity index (χ1v) is 1.70. The van der Waals surface area contributed by atoms with Gasteiger partial charge in [-0.2, -0.15) is 20.8 Å². The van der Waals surface area contributed by atoms with E-state index in [0.717, 1.165) is 0 Å². The van der Waals surface area contributed by atoms with Crippen LogP contribution in [0.5, 0.6) is 0 Å². The van der Waals surface area contributed by atoms with Crippen LogP contribution in [0.15, 0.2) is 0 Å². The Balaban J connectivity index is -0.0000000480. The molecule has 2 N–H and O–H groups in total. The van der Waals surface area contributed by atoms with E-state index < -0.39 is 0 Å². The van der Waals surface area contributed by atoms with Crippen molar-refractivity contribution in [2.24, 2.45) is 0 Å². The van der Waals surface area contributed by atoms with Gasteiger partial charge in [0.2, 0.25) is 0 Å². The molecule has 0 aromatic carbocycles. The Kier molecular flexibility index (Phi) is 36.0. The van der Waals surface area contributed by atoms with Gasteiger partial charge in [0.05, 0.1) is 0 Å². The third kappa shape index (κ3) is 657. The van der Waals surface area contributed by atoms with Crippen LogP contribution in [0, 0.1) is 5.92 Å². The first-order chi connectivity index (χ1) is 2.73. The van der Waals surface area contributed by atoms with Crippen molar-refractivity contribution >= 4 is 0 Å². The molecular formula is C4H11CuO2. The third-order valence-corrected chi connectivity index (χ3v) is 0. The van der Waals surface area contributed by atoms with Gasteiger partial charge in [-0.25, -0.2) is 0 Å². The zero-order valence-corrected chi connectivity index (χ0v) is 5.64. The number of hydrogen-bond donors (Lipinski definition) is 2. The quantitative estimate of drug-likeness (QED) is 0.241. The maximum atomic E-state index is 6.00. The maximum absolute atomic E-state index is 6.00. The van der Waals surface area contributed by atoms with Crippen molar-refractivity contribution in [1.82, 2.24) is 0 Å². The van der Waals surface area contributed by atoms with E-state index >= 15 is 0 Å². The van der Waals surface area contributed by atoms with E-state index in [2.05, 4.69) is 20.8 Å². The van der Waals surface area contributed by atoms with Gasteiger partial charge in [0.1, 0.15) is 0 Å². The molecule has 0 saturated heterocycles. The maximum Gasteiger partial charge on any atom is 1.00 e. The molecule has 7 heavy (non-hydrogen) atoms. The molecule has 0 amide bonds. The van der Waals surface area contributed by atoms with Gasteiger partial charge in [-0.3, -0.25) is 10.5 Å². The molecule has 0 bridgehead atoms. The van der Waals surface area contributed by atoms with Gasteiger partial charge < -0.3 is 5.92 Å². The third-order valence-electron chi connectivity index (χ3n) is 0. The average Bonchev–Trinajstić information content (AvgIpc) is 1.41. The van der Waals surface area contributed by atoms with E-state index in [1.54, 1.807) is 0 Å². The summed E-state index contributed by atoms with van der Waals surface area (Å²) in [5.41, 5.74) is 0. The van der Waals surface area contributed by atoms with E-state index in [4.69, 9.17) is 10.5 Å². The predicted molar refractivity (Wildman–Crippen MR) is 25.5 cm³/mol. The van der Waals surface area contributed by atoms with Crippen molar-refractivity contribution in [1.29, 1.82) is 0 Å². The van der Waals surface area contributed by atoms with E-state index in [-0.39, 0.29) is 17.1 Å². The summed E-state index contributed by atoms with van der Waals surface area (Å²) in [5, 5.41) is 12.0. The Morgan fingerprint density at radius 3 is 1.00 bits per heavy atom. The number of hydrogen-bond acceptors (Lipinski definition) is 2. The molecule has 0 aliphatic heterocycles. The zero-order chi connectivity index (χ0) is 5.58. The molecule has 0 fully saturated rings. The van der Waals surface area contributed by atoms with Gasteiger partial charge in [-0.15, -0.1) is 0 Å². The molecule has 0 heterocycles. The molecule has 2 nitrogen and oxygen atoms in total. The minimum absolute atomic E-state index is 0. The largest absolute Gasteiger partial charge is 1.00 e. The zero-order valence-electron chi connectivity index (χ0n) is 4.70. The second-order valence-corrected chi connectivity index (χ2v) is 1.50. The summed E-state index contributed by atoms with van der Waals surface area (Å²) in [5.74, 6) is 1.42. The van der Waals surface area contributed by atoms with E-state index in [0.29, 0.717) is 0 Å². The Bertz CT molecular complexity index is 14.4. The van der Waals surface area contributed by atoms with Crippen molar-refractivity contribution in [2.45, 2.75) is 20.8 Å². The molecule has 0 saturated carbocycles. The van der Waals surface area contributed by atoms with Crippen molar-refractivity contribution in [3.63, 3.8) is 0 Å². The normalized spacial score (nSPS) is 6.00. The molecular weight excluding hydrogens is 144 g/mol. The summed E-state index contributed by atoms with van der Waals surface area (Å²) < 4.78 is 0. The Labute approximate surface area is 55.0 Å². The Hall–Kier alpha value is 0.439. The van der Waals surface area contributed by atoms with Crippen LogP contribution in [0.2, 0.25) is 0 Å². The molecule has 0 atom stereocenters. The summed E-state index contributed by atoms with van der Waals surface area (Å²) in [7, 11) is 0. The van der Waals surface area contributed by atoms with Crippen LogP contribution in [0.3, 0.4) is 0 Å². The summed E-state index contributed by atoms with van der Waals surface area (Å²) in [4.78, 5) is 0. The van der Waals surface area contributed by atoms with Gasteiger partial charge in [-0.05, 0) is 0 Å². The van der Waals surface area contributed by atoms with E-state index in [9.17, 15) is 0 Å². The fourth-order valence-electron chi connectivity index (χ4n) is 0. The summed E-state index contributed by atoms with van der Waals surface area (Å²) in [6, 6.07) is 0. The SMILES string of the molecule is C[C-](C)C.OO.[Cu+]. The first kappa shape index (κ1) is 15.7. The minimum atomic E-state index is 0. The second-order valence-electron chi connectivity index (χ2n) is 1.50. The van der Waals surface area contributed by atoms with Crippen LogP contribution >= 0.6 is 0 Å². The second kappa shape index (κ2) is 16.1. The van der Waals surface area contributed by atoms with Crippen LogP contribution in [0.1, 0.15) is 20.8 Å².